The molecule has 2 fully saturated rings. The molecule has 0 aliphatic heterocycles. The first-order valence-electron chi connectivity index (χ1n) is 6.46. The zero-order chi connectivity index (χ0) is 13.6. The summed E-state index contributed by atoms with van der Waals surface area (Å²) in [5, 5.41) is 12.2. The highest BCUT2D eigenvalue weighted by Gasteiger charge is 2.57. The third-order valence-electron chi connectivity index (χ3n) is 4.00. The molecule has 0 aromatic heterocycles. The fourth-order valence-corrected chi connectivity index (χ4v) is 3.25. The van der Waals surface area contributed by atoms with E-state index in [9.17, 15) is 14.7 Å². The molecule has 102 valence electrons. The highest BCUT2D eigenvalue weighted by atomic mass is 16.6. The standard InChI is InChI=1S/C13H21NO4/c1-12(2,3)18-11(17)14-9-6-8-4-5-13(9,7-8)10(15)16/h8-9H,4-7H2,1-3H3,(H,14,17)(H,15,16). The fourth-order valence-electron chi connectivity index (χ4n) is 3.25. The number of carbonyl (C=O) groups is 2. The topological polar surface area (TPSA) is 75.6 Å². The van der Waals surface area contributed by atoms with E-state index in [1.807, 2.05) is 0 Å². The van der Waals surface area contributed by atoms with Crippen LogP contribution in [0.5, 0.6) is 0 Å². The minimum absolute atomic E-state index is 0.288. The molecule has 5 nitrogen and oxygen atoms in total. The van der Waals surface area contributed by atoms with Gasteiger partial charge in [0.05, 0.1) is 5.41 Å². The van der Waals surface area contributed by atoms with Crippen LogP contribution in [0.2, 0.25) is 0 Å². The van der Waals surface area contributed by atoms with Crippen LogP contribution < -0.4 is 5.32 Å². The van der Waals surface area contributed by atoms with Crippen LogP contribution in [0.15, 0.2) is 0 Å². The van der Waals surface area contributed by atoms with Crippen molar-refractivity contribution in [1.82, 2.24) is 5.32 Å². The van der Waals surface area contributed by atoms with E-state index < -0.39 is 23.1 Å². The van der Waals surface area contributed by atoms with Crippen molar-refractivity contribution in [2.24, 2.45) is 11.3 Å². The summed E-state index contributed by atoms with van der Waals surface area (Å²) in [7, 11) is 0. The van der Waals surface area contributed by atoms with Gasteiger partial charge < -0.3 is 15.2 Å². The van der Waals surface area contributed by atoms with Crippen molar-refractivity contribution in [3.8, 4) is 0 Å². The van der Waals surface area contributed by atoms with E-state index in [0.29, 0.717) is 18.8 Å². The lowest BCUT2D eigenvalue weighted by Gasteiger charge is -2.32. The number of hydrogen-bond acceptors (Lipinski definition) is 3. The smallest absolute Gasteiger partial charge is 0.407 e. The van der Waals surface area contributed by atoms with Crippen molar-refractivity contribution < 1.29 is 19.4 Å². The third kappa shape index (κ3) is 2.31. The number of aliphatic carboxylic acids is 1. The molecule has 0 aromatic rings. The van der Waals surface area contributed by atoms with Gasteiger partial charge in [-0.3, -0.25) is 4.79 Å². The zero-order valence-electron chi connectivity index (χ0n) is 11.2. The maximum absolute atomic E-state index is 11.7. The van der Waals surface area contributed by atoms with E-state index in [1.165, 1.54) is 0 Å². The summed E-state index contributed by atoms with van der Waals surface area (Å²) in [5.74, 6) is -0.357. The highest BCUT2D eigenvalue weighted by Crippen LogP contribution is 2.54. The van der Waals surface area contributed by atoms with Crippen LogP contribution in [-0.4, -0.2) is 28.8 Å². The molecule has 2 aliphatic carbocycles. The molecule has 2 saturated carbocycles. The molecule has 0 saturated heterocycles. The Hall–Kier alpha value is -1.26. The Kier molecular flexibility index (Phi) is 3.03. The van der Waals surface area contributed by atoms with Gasteiger partial charge in [0.25, 0.3) is 0 Å². The van der Waals surface area contributed by atoms with Gasteiger partial charge in [0, 0.05) is 6.04 Å². The molecule has 18 heavy (non-hydrogen) atoms. The molecule has 2 aliphatic rings. The quantitative estimate of drug-likeness (QED) is 0.792. The van der Waals surface area contributed by atoms with Crippen molar-refractivity contribution in [1.29, 1.82) is 0 Å². The molecule has 5 heteroatoms. The first-order valence-corrected chi connectivity index (χ1v) is 6.46. The Balaban J connectivity index is 2.02. The molecule has 1 amide bonds. The molecule has 3 atom stereocenters. The predicted octanol–water partition coefficient (Wildman–Crippen LogP) is 2.15. The number of carbonyl (C=O) groups excluding carboxylic acids is 1. The highest BCUT2D eigenvalue weighted by molar-refractivity contribution is 5.78. The largest absolute Gasteiger partial charge is 0.481 e. The summed E-state index contributed by atoms with van der Waals surface area (Å²) in [6.07, 6.45) is 2.54. The molecular weight excluding hydrogens is 234 g/mol. The summed E-state index contributed by atoms with van der Waals surface area (Å²) in [5.41, 5.74) is -1.32. The van der Waals surface area contributed by atoms with Gasteiger partial charge in [-0.15, -0.1) is 0 Å². The summed E-state index contributed by atoms with van der Waals surface area (Å²) < 4.78 is 5.19. The molecule has 0 aromatic carbocycles. The van der Waals surface area contributed by atoms with Crippen molar-refractivity contribution in [3.63, 3.8) is 0 Å². The summed E-state index contributed by atoms with van der Waals surface area (Å²) in [4.78, 5) is 23.2. The van der Waals surface area contributed by atoms with Crippen LogP contribution in [0.4, 0.5) is 4.79 Å². The molecule has 2 N–H and O–H groups in total. The molecule has 0 radical (unpaired) electrons. The van der Waals surface area contributed by atoms with Crippen LogP contribution in [0.1, 0.15) is 46.5 Å². The van der Waals surface area contributed by atoms with Gasteiger partial charge in [-0.1, -0.05) is 0 Å². The molecular formula is C13H21NO4. The number of ether oxygens (including phenoxy) is 1. The zero-order valence-corrected chi connectivity index (χ0v) is 11.2. The minimum atomic E-state index is -0.788. The van der Waals surface area contributed by atoms with Crippen LogP contribution in [0, 0.1) is 11.3 Å². The second-order valence-corrected chi connectivity index (χ2v) is 6.50. The van der Waals surface area contributed by atoms with Gasteiger partial charge in [-0.2, -0.15) is 0 Å². The van der Waals surface area contributed by atoms with E-state index in [1.54, 1.807) is 20.8 Å². The van der Waals surface area contributed by atoms with E-state index in [0.717, 1.165) is 12.8 Å². The number of amides is 1. The monoisotopic (exact) mass is 255 g/mol. The summed E-state index contributed by atoms with van der Waals surface area (Å²) >= 11 is 0. The van der Waals surface area contributed by atoms with Crippen LogP contribution >= 0.6 is 0 Å². The van der Waals surface area contributed by atoms with Crippen LogP contribution in [0.25, 0.3) is 0 Å². The molecule has 0 heterocycles. The lowest BCUT2D eigenvalue weighted by atomic mass is 9.80. The molecule has 3 unspecified atom stereocenters. The van der Waals surface area contributed by atoms with Crippen LogP contribution in [-0.2, 0) is 9.53 Å². The average Bonchev–Trinajstić information content (AvgIpc) is 2.72. The Morgan fingerprint density at radius 1 is 1.39 bits per heavy atom. The van der Waals surface area contributed by atoms with E-state index in [4.69, 9.17) is 4.74 Å². The van der Waals surface area contributed by atoms with Crippen molar-refractivity contribution in [3.05, 3.63) is 0 Å². The number of hydrogen-bond donors (Lipinski definition) is 2. The maximum Gasteiger partial charge on any atom is 0.407 e. The Morgan fingerprint density at radius 2 is 2.06 bits per heavy atom. The Labute approximate surface area is 107 Å². The van der Waals surface area contributed by atoms with E-state index in [2.05, 4.69) is 5.32 Å². The van der Waals surface area contributed by atoms with Crippen molar-refractivity contribution >= 4 is 12.1 Å². The number of carboxylic acids is 1. The average molecular weight is 255 g/mol. The Bertz CT molecular complexity index is 374. The van der Waals surface area contributed by atoms with Gasteiger partial charge in [0.1, 0.15) is 5.60 Å². The van der Waals surface area contributed by atoms with Gasteiger partial charge in [0.2, 0.25) is 0 Å². The van der Waals surface area contributed by atoms with Crippen molar-refractivity contribution in [2.75, 3.05) is 0 Å². The predicted molar refractivity (Wildman–Crippen MR) is 65.2 cm³/mol. The molecule has 2 bridgehead atoms. The SMILES string of the molecule is CC(C)(C)OC(=O)NC1CC2CCC1(C(=O)O)C2. The minimum Gasteiger partial charge on any atom is -0.481 e. The van der Waals surface area contributed by atoms with Gasteiger partial charge >= 0.3 is 12.1 Å². The van der Waals surface area contributed by atoms with Gasteiger partial charge in [0.15, 0.2) is 0 Å². The number of alkyl carbamates (subject to hydrolysis) is 1. The number of nitrogens with one attached hydrogen (secondary N) is 1. The molecule has 2 rings (SSSR count). The number of carboxylic acid groups (broad SMARTS) is 1. The second kappa shape index (κ2) is 4.14. The lowest BCUT2D eigenvalue weighted by molar-refractivity contribution is -0.149. The fraction of sp³-hybridized carbons (Fsp3) is 0.846. The van der Waals surface area contributed by atoms with E-state index in [-0.39, 0.29) is 6.04 Å². The van der Waals surface area contributed by atoms with Gasteiger partial charge in [-0.05, 0) is 52.4 Å². The van der Waals surface area contributed by atoms with Crippen molar-refractivity contribution in [2.45, 2.75) is 58.1 Å². The summed E-state index contributed by atoms with van der Waals surface area (Å²) in [6, 6.07) is -0.288. The number of fused-ring (bicyclic) bond motifs is 2. The van der Waals surface area contributed by atoms with Crippen LogP contribution in [0.3, 0.4) is 0 Å². The maximum atomic E-state index is 11.7. The van der Waals surface area contributed by atoms with E-state index >= 15 is 0 Å². The lowest BCUT2D eigenvalue weighted by Crippen LogP contribution is -2.50. The normalized spacial score (nSPS) is 34.4. The third-order valence-corrected chi connectivity index (χ3v) is 4.00. The first-order chi connectivity index (χ1) is 8.23. The Morgan fingerprint density at radius 3 is 2.56 bits per heavy atom. The second-order valence-electron chi connectivity index (χ2n) is 6.50. The first kappa shape index (κ1) is 13.2. The summed E-state index contributed by atoms with van der Waals surface area (Å²) in [6.45, 7) is 5.38. The molecule has 0 spiro atoms. The van der Waals surface area contributed by atoms with Gasteiger partial charge in [-0.25, -0.2) is 4.79 Å². The number of rotatable bonds is 2.